The standard InChI is InChI=1S/C13H15BrO3/c1-8(2)5-10(15)13-7-16-11-4-3-9(14)6-12(11)17-13/h3-4,6,8,13H,5,7H2,1-2H3. The molecule has 1 aliphatic rings. The lowest BCUT2D eigenvalue weighted by Gasteiger charge is -2.26. The van der Waals surface area contributed by atoms with E-state index in [1.807, 2.05) is 32.0 Å². The smallest absolute Gasteiger partial charge is 0.190 e. The maximum atomic E-state index is 11.9. The molecule has 4 heteroatoms. The Morgan fingerprint density at radius 1 is 1.47 bits per heavy atom. The van der Waals surface area contributed by atoms with Crippen LogP contribution in [-0.4, -0.2) is 18.5 Å². The normalized spacial score (nSPS) is 18.2. The highest BCUT2D eigenvalue weighted by molar-refractivity contribution is 9.10. The van der Waals surface area contributed by atoms with Crippen LogP contribution in [0.3, 0.4) is 0 Å². The molecule has 1 atom stereocenters. The molecule has 1 aromatic carbocycles. The summed E-state index contributed by atoms with van der Waals surface area (Å²) >= 11 is 3.37. The quantitative estimate of drug-likeness (QED) is 0.860. The number of hydrogen-bond acceptors (Lipinski definition) is 3. The third-order valence-corrected chi connectivity index (χ3v) is 3.03. The molecule has 2 rings (SSSR count). The van der Waals surface area contributed by atoms with E-state index < -0.39 is 6.10 Å². The van der Waals surface area contributed by atoms with Crippen LogP contribution in [0.25, 0.3) is 0 Å². The maximum absolute atomic E-state index is 11.9. The van der Waals surface area contributed by atoms with Crippen molar-refractivity contribution in [1.82, 2.24) is 0 Å². The molecule has 0 bridgehead atoms. The van der Waals surface area contributed by atoms with Gasteiger partial charge >= 0.3 is 0 Å². The number of ketones is 1. The van der Waals surface area contributed by atoms with Gasteiger partial charge in [-0.25, -0.2) is 0 Å². The van der Waals surface area contributed by atoms with Crippen LogP contribution in [-0.2, 0) is 4.79 Å². The maximum Gasteiger partial charge on any atom is 0.190 e. The van der Waals surface area contributed by atoms with E-state index >= 15 is 0 Å². The first-order valence-electron chi connectivity index (χ1n) is 5.68. The lowest BCUT2D eigenvalue weighted by molar-refractivity contribution is -0.128. The second-order valence-electron chi connectivity index (χ2n) is 4.57. The summed E-state index contributed by atoms with van der Waals surface area (Å²) < 4.78 is 12.1. The number of hydrogen-bond donors (Lipinski definition) is 0. The van der Waals surface area contributed by atoms with Crippen LogP contribution in [0.4, 0.5) is 0 Å². The highest BCUT2D eigenvalue weighted by Gasteiger charge is 2.27. The number of fused-ring (bicyclic) bond motifs is 1. The van der Waals surface area contributed by atoms with Crippen LogP contribution in [0.15, 0.2) is 22.7 Å². The van der Waals surface area contributed by atoms with Crippen molar-refractivity contribution in [2.24, 2.45) is 5.92 Å². The van der Waals surface area contributed by atoms with Crippen molar-refractivity contribution < 1.29 is 14.3 Å². The lowest BCUT2D eigenvalue weighted by atomic mass is 10.0. The van der Waals surface area contributed by atoms with Gasteiger partial charge in [-0.15, -0.1) is 0 Å². The third-order valence-electron chi connectivity index (χ3n) is 2.53. The van der Waals surface area contributed by atoms with E-state index in [0.29, 0.717) is 30.4 Å². The Labute approximate surface area is 109 Å². The summed E-state index contributed by atoms with van der Waals surface area (Å²) in [4.78, 5) is 11.9. The molecule has 17 heavy (non-hydrogen) atoms. The van der Waals surface area contributed by atoms with E-state index in [1.54, 1.807) is 0 Å². The van der Waals surface area contributed by atoms with Crippen molar-refractivity contribution in [3.05, 3.63) is 22.7 Å². The fourth-order valence-corrected chi connectivity index (χ4v) is 2.08. The Bertz CT molecular complexity index is 429. The molecule has 0 saturated carbocycles. The van der Waals surface area contributed by atoms with Crippen LogP contribution in [0.2, 0.25) is 0 Å². The summed E-state index contributed by atoms with van der Waals surface area (Å²) in [6.45, 7) is 4.35. The lowest BCUT2D eigenvalue weighted by Crippen LogP contribution is -2.37. The van der Waals surface area contributed by atoms with E-state index in [0.717, 1.165) is 4.47 Å². The second-order valence-corrected chi connectivity index (χ2v) is 5.49. The zero-order chi connectivity index (χ0) is 12.4. The van der Waals surface area contributed by atoms with Gasteiger partial charge in [-0.1, -0.05) is 29.8 Å². The molecule has 0 radical (unpaired) electrons. The molecule has 1 aliphatic heterocycles. The van der Waals surface area contributed by atoms with Crippen molar-refractivity contribution in [3.63, 3.8) is 0 Å². The number of benzene rings is 1. The molecule has 0 amide bonds. The van der Waals surface area contributed by atoms with Crippen molar-refractivity contribution in [3.8, 4) is 11.5 Å². The average Bonchev–Trinajstić information content (AvgIpc) is 2.27. The van der Waals surface area contributed by atoms with Gasteiger partial charge in [-0.3, -0.25) is 4.79 Å². The summed E-state index contributed by atoms with van der Waals surface area (Å²) in [6.07, 6.45) is 0.0522. The fourth-order valence-electron chi connectivity index (χ4n) is 1.74. The van der Waals surface area contributed by atoms with Gasteiger partial charge in [0.2, 0.25) is 0 Å². The van der Waals surface area contributed by atoms with Crippen molar-refractivity contribution in [2.75, 3.05) is 6.61 Å². The molecule has 3 nitrogen and oxygen atoms in total. The highest BCUT2D eigenvalue weighted by Crippen LogP contribution is 2.34. The summed E-state index contributed by atoms with van der Waals surface area (Å²) in [5, 5.41) is 0. The Balaban J connectivity index is 2.10. The molecule has 0 aromatic heterocycles. The minimum Gasteiger partial charge on any atom is -0.485 e. The van der Waals surface area contributed by atoms with Crippen LogP contribution >= 0.6 is 15.9 Å². The third kappa shape index (κ3) is 3.00. The van der Waals surface area contributed by atoms with Crippen molar-refractivity contribution in [1.29, 1.82) is 0 Å². The van der Waals surface area contributed by atoms with Gasteiger partial charge in [0, 0.05) is 10.9 Å². The average molecular weight is 299 g/mol. The molecular formula is C13H15BrO3. The second kappa shape index (κ2) is 5.08. The summed E-state index contributed by atoms with van der Waals surface area (Å²) in [5.41, 5.74) is 0. The molecule has 0 spiro atoms. The van der Waals surface area contributed by atoms with Gasteiger partial charge < -0.3 is 9.47 Å². The van der Waals surface area contributed by atoms with Crippen LogP contribution in [0.1, 0.15) is 20.3 Å². The molecule has 0 N–H and O–H groups in total. The Morgan fingerprint density at radius 2 is 2.24 bits per heavy atom. The molecule has 0 aliphatic carbocycles. The summed E-state index contributed by atoms with van der Waals surface area (Å²) in [5.74, 6) is 1.77. The minimum atomic E-state index is -0.473. The number of carbonyl (C=O) groups is 1. The monoisotopic (exact) mass is 298 g/mol. The molecular weight excluding hydrogens is 284 g/mol. The van der Waals surface area contributed by atoms with E-state index in [9.17, 15) is 4.79 Å². The number of halogens is 1. The van der Waals surface area contributed by atoms with E-state index in [-0.39, 0.29) is 5.78 Å². The largest absolute Gasteiger partial charge is 0.485 e. The minimum absolute atomic E-state index is 0.102. The van der Waals surface area contributed by atoms with Gasteiger partial charge in [-0.2, -0.15) is 0 Å². The first-order valence-corrected chi connectivity index (χ1v) is 6.47. The molecule has 92 valence electrons. The summed E-state index contributed by atoms with van der Waals surface area (Å²) in [7, 11) is 0. The SMILES string of the molecule is CC(C)CC(=O)C1COc2ccc(Br)cc2O1. The topological polar surface area (TPSA) is 35.5 Å². The zero-order valence-electron chi connectivity index (χ0n) is 9.90. The molecule has 1 aromatic rings. The first-order chi connectivity index (χ1) is 8.06. The molecule has 1 heterocycles. The van der Waals surface area contributed by atoms with Gasteiger partial charge in [0.05, 0.1) is 0 Å². The van der Waals surface area contributed by atoms with Crippen molar-refractivity contribution >= 4 is 21.7 Å². The van der Waals surface area contributed by atoms with Crippen LogP contribution < -0.4 is 9.47 Å². The highest BCUT2D eigenvalue weighted by atomic mass is 79.9. The number of Topliss-reactive ketones (excluding diaryl/α,β-unsaturated/α-hetero) is 1. The van der Waals surface area contributed by atoms with E-state index in [1.165, 1.54) is 0 Å². The predicted octanol–water partition coefficient (Wildman–Crippen LogP) is 3.20. The van der Waals surface area contributed by atoms with E-state index in [2.05, 4.69) is 15.9 Å². The van der Waals surface area contributed by atoms with Gasteiger partial charge in [0.15, 0.2) is 23.4 Å². The summed E-state index contributed by atoms with van der Waals surface area (Å²) in [6, 6.07) is 5.55. The van der Waals surface area contributed by atoms with Crippen LogP contribution in [0.5, 0.6) is 11.5 Å². The molecule has 0 saturated heterocycles. The van der Waals surface area contributed by atoms with E-state index in [4.69, 9.17) is 9.47 Å². The first kappa shape index (κ1) is 12.4. The number of ether oxygens (including phenoxy) is 2. The molecule has 0 fully saturated rings. The number of rotatable bonds is 3. The number of carbonyl (C=O) groups excluding carboxylic acids is 1. The Kier molecular flexibility index (Phi) is 3.72. The van der Waals surface area contributed by atoms with Crippen LogP contribution in [0, 0.1) is 5.92 Å². The van der Waals surface area contributed by atoms with Gasteiger partial charge in [0.25, 0.3) is 0 Å². The Hall–Kier alpha value is -1.03. The predicted molar refractivity (Wildman–Crippen MR) is 68.5 cm³/mol. The Morgan fingerprint density at radius 3 is 2.94 bits per heavy atom. The zero-order valence-corrected chi connectivity index (χ0v) is 11.5. The molecule has 1 unspecified atom stereocenters. The van der Waals surface area contributed by atoms with Gasteiger partial charge in [0.1, 0.15) is 6.61 Å². The van der Waals surface area contributed by atoms with Crippen molar-refractivity contribution in [2.45, 2.75) is 26.4 Å². The fraction of sp³-hybridized carbons (Fsp3) is 0.462. The van der Waals surface area contributed by atoms with Gasteiger partial charge in [-0.05, 0) is 24.1 Å².